The first kappa shape index (κ1) is 15.6. The van der Waals surface area contributed by atoms with Crippen molar-refractivity contribution in [2.45, 2.75) is 32.2 Å². The van der Waals surface area contributed by atoms with Gasteiger partial charge in [-0.3, -0.25) is 9.89 Å². The Labute approximate surface area is 145 Å². The van der Waals surface area contributed by atoms with Crippen molar-refractivity contribution in [2.75, 3.05) is 7.05 Å². The molecule has 1 aliphatic rings. The first-order valence-corrected chi connectivity index (χ1v) is 8.40. The summed E-state index contributed by atoms with van der Waals surface area (Å²) in [5.74, 6) is 1.56. The van der Waals surface area contributed by atoms with Crippen LogP contribution in [-0.2, 0) is 19.4 Å². The van der Waals surface area contributed by atoms with E-state index >= 15 is 0 Å². The number of H-pyrrole nitrogens is 1. The van der Waals surface area contributed by atoms with Crippen LogP contribution in [0.25, 0.3) is 11.4 Å². The van der Waals surface area contributed by atoms with E-state index in [0.717, 1.165) is 42.7 Å². The molecular formula is C18H19N5O2. The molecule has 1 aromatic carbocycles. The molecule has 0 saturated carbocycles. The molecule has 1 N–H and O–H groups in total. The lowest BCUT2D eigenvalue weighted by atomic mass is 9.96. The molecule has 0 spiro atoms. The molecule has 1 aliphatic carbocycles. The fourth-order valence-corrected chi connectivity index (χ4v) is 3.23. The quantitative estimate of drug-likeness (QED) is 0.790. The Balaban J connectivity index is 1.53. The van der Waals surface area contributed by atoms with E-state index in [-0.39, 0.29) is 5.91 Å². The molecule has 1 amide bonds. The molecule has 0 saturated heterocycles. The third kappa shape index (κ3) is 3.05. The number of rotatable bonds is 4. The van der Waals surface area contributed by atoms with Crippen molar-refractivity contribution < 1.29 is 9.32 Å². The Hall–Kier alpha value is -2.96. The molecule has 0 aliphatic heterocycles. The number of fused-ring (bicyclic) bond motifs is 1. The highest BCUT2D eigenvalue weighted by molar-refractivity contribution is 5.95. The lowest BCUT2D eigenvalue weighted by molar-refractivity contribution is 0.0782. The number of hydrogen-bond acceptors (Lipinski definition) is 5. The van der Waals surface area contributed by atoms with E-state index in [1.165, 1.54) is 11.9 Å². The second-order valence-electron chi connectivity index (χ2n) is 6.31. The summed E-state index contributed by atoms with van der Waals surface area (Å²) >= 11 is 0. The van der Waals surface area contributed by atoms with E-state index in [4.69, 9.17) is 4.52 Å². The molecular weight excluding hydrogens is 318 g/mol. The van der Waals surface area contributed by atoms with Gasteiger partial charge in [0.1, 0.15) is 17.8 Å². The summed E-state index contributed by atoms with van der Waals surface area (Å²) in [5, 5.41) is 10.8. The van der Waals surface area contributed by atoms with Crippen molar-refractivity contribution in [3.05, 3.63) is 53.2 Å². The second kappa shape index (κ2) is 6.51. The molecule has 2 heterocycles. The van der Waals surface area contributed by atoms with Crippen molar-refractivity contribution in [2.24, 2.45) is 0 Å². The van der Waals surface area contributed by atoms with Gasteiger partial charge in [0.2, 0.25) is 0 Å². The van der Waals surface area contributed by atoms with Crippen LogP contribution in [0.4, 0.5) is 0 Å². The number of hydrogen-bond donors (Lipinski definition) is 1. The third-order valence-corrected chi connectivity index (χ3v) is 4.56. The predicted molar refractivity (Wildman–Crippen MR) is 90.8 cm³/mol. The van der Waals surface area contributed by atoms with Gasteiger partial charge in [-0.05, 0) is 31.4 Å². The normalized spacial score (nSPS) is 13.5. The number of benzene rings is 1. The maximum atomic E-state index is 12.8. The fraction of sp³-hybridized carbons (Fsp3) is 0.333. The molecule has 0 bridgehead atoms. The molecule has 0 radical (unpaired) electrons. The molecule has 0 unspecified atom stereocenters. The van der Waals surface area contributed by atoms with E-state index in [0.29, 0.717) is 17.9 Å². The standard InChI is InChI=1S/C18H19N5O2/c1-23(10-15-14-7-2-3-8-16(14)25-22-15)18(24)13-6-4-5-12(9-13)17-19-11-20-21-17/h4-6,9,11H,2-3,7-8,10H2,1H3,(H,19,20,21). The van der Waals surface area contributed by atoms with Gasteiger partial charge in [0.25, 0.3) is 5.91 Å². The molecule has 0 fully saturated rings. The van der Waals surface area contributed by atoms with Gasteiger partial charge in [-0.2, -0.15) is 5.10 Å². The minimum atomic E-state index is -0.0612. The van der Waals surface area contributed by atoms with Crippen molar-refractivity contribution >= 4 is 5.91 Å². The summed E-state index contributed by atoms with van der Waals surface area (Å²) in [6, 6.07) is 7.36. The molecule has 7 nitrogen and oxygen atoms in total. The Morgan fingerprint density at radius 3 is 3.04 bits per heavy atom. The summed E-state index contributed by atoms with van der Waals surface area (Å²) in [6.45, 7) is 0.449. The molecule has 0 atom stereocenters. The van der Waals surface area contributed by atoms with Gasteiger partial charge < -0.3 is 9.42 Å². The van der Waals surface area contributed by atoms with Gasteiger partial charge in [-0.1, -0.05) is 17.3 Å². The Bertz CT molecular complexity index is 885. The highest BCUT2D eigenvalue weighted by Gasteiger charge is 2.22. The Kier molecular flexibility index (Phi) is 4.05. The van der Waals surface area contributed by atoms with Crippen LogP contribution in [0.15, 0.2) is 35.1 Å². The number of aromatic nitrogens is 4. The van der Waals surface area contributed by atoms with Gasteiger partial charge in [-0.25, -0.2) is 4.98 Å². The summed E-state index contributed by atoms with van der Waals surface area (Å²) < 4.78 is 5.43. The van der Waals surface area contributed by atoms with Crippen LogP contribution < -0.4 is 0 Å². The number of carbonyl (C=O) groups is 1. The van der Waals surface area contributed by atoms with Crippen molar-refractivity contribution in [3.8, 4) is 11.4 Å². The van der Waals surface area contributed by atoms with Gasteiger partial charge >= 0.3 is 0 Å². The number of nitrogens with zero attached hydrogens (tertiary/aromatic N) is 4. The van der Waals surface area contributed by atoms with Gasteiger partial charge in [0.15, 0.2) is 5.82 Å². The Morgan fingerprint density at radius 2 is 2.20 bits per heavy atom. The van der Waals surface area contributed by atoms with Crippen molar-refractivity contribution in [3.63, 3.8) is 0 Å². The molecule has 2 aromatic heterocycles. The molecule has 4 rings (SSSR count). The molecule has 7 heteroatoms. The number of aryl methyl sites for hydroxylation is 1. The fourth-order valence-electron chi connectivity index (χ4n) is 3.23. The predicted octanol–water partition coefficient (Wildman–Crippen LogP) is 2.61. The maximum absolute atomic E-state index is 12.8. The molecule has 128 valence electrons. The third-order valence-electron chi connectivity index (χ3n) is 4.56. The molecule has 25 heavy (non-hydrogen) atoms. The smallest absolute Gasteiger partial charge is 0.253 e. The van der Waals surface area contributed by atoms with Crippen LogP contribution in [-0.4, -0.2) is 38.2 Å². The lowest BCUT2D eigenvalue weighted by Gasteiger charge is -2.17. The number of nitrogens with one attached hydrogen (secondary N) is 1. The summed E-state index contributed by atoms with van der Waals surface area (Å²) in [5.41, 5.74) is 3.49. The van der Waals surface area contributed by atoms with Crippen LogP contribution in [0.1, 0.15) is 40.2 Å². The maximum Gasteiger partial charge on any atom is 0.253 e. The van der Waals surface area contributed by atoms with E-state index in [1.807, 2.05) is 18.2 Å². The first-order chi connectivity index (χ1) is 12.2. The summed E-state index contributed by atoms with van der Waals surface area (Å²) in [6.07, 6.45) is 5.67. The summed E-state index contributed by atoms with van der Waals surface area (Å²) in [7, 11) is 1.79. The minimum absolute atomic E-state index is 0.0612. The van der Waals surface area contributed by atoms with Gasteiger partial charge in [0.05, 0.1) is 6.54 Å². The molecule has 3 aromatic rings. The number of amides is 1. The largest absolute Gasteiger partial charge is 0.361 e. The first-order valence-electron chi connectivity index (χ1n) is 8.40. The van der Waals surface area contributed by atoms with Crippen LogP contribution in [0.5, 0.6) is 0 Å². The number of aromatic amines is 1. The zero-order valence-electron chi connectivity index (χ0n) is 14.0. The second-order valence-corrected chi connectivity index (χ2v) is 6.31. The van der Waals surface area contributed by atoms with E-state index in [9.17, 15) is 4.79 Å². The zero-order valence-corrected chi connectivity index (χ0v) is 14.0. The van der Waals surface area contributed by atoms with E-state index < -0.39 is 0 Å². The topological polar surface area (TPSA) is 87.9 Å². The SMILES string of the molecule is CN(Cc1noc2c1CCCC2)C(=O)c1cccc(-c2ncn[nH]2)c1. The van der Waals surface area contributed by atoms with Crippen LogP contribution in [0, 0.1) is 0 Å². The van der Waals surface area contributed by atoms with Crippen LogP contribution in [0.2, 0.25) is 0 Å². The van der Waals surface area contributed by atoms with Crippen molar-refractivity contribution in [1.29, 1.82) is 0 Å². The van der Waals surface area contributed by atoms with Crippen LogP contribution in [0.3, 0.4) is 0 Å². The lowest BCUT2D eigenvalue weighted by Crippen LogP contribution is -2.27. The Morgan fingerprint density at radius 1 is 1.32 bits per heavy atom. The minimum Gasteiger partial charge on any atom is -0.361 e. The van der Waals surface area contributed by atoms with Crippen LogP contribution >= 0.6 is 0 Å². The monoisotopic (exact) mass is 337 g/mol. The van der Waals surface area contributed by atoms with E-state index in [2.05, 4.69) is 20.3 Å². The van der Waals surface area contributed by atoms with Crippen molar-refractivity contribution in [1.82, 2.24) is 25.2 Å². The summed E-state index contributed by atoms with van der Waals surface area (Å²) in [4.78, 5) is 18.6. The van der Waals surface area contributed by atoms with Gasteiger partial charge in [0, 0.05) is 30.2 Å². The van der Waals surface area contributed by atoms with Gasteiger partial charge in [-0.15, -0.1) is 0 Å². The average molecular weight is 337 g/mol. The number of carbonyl (C=O) groups excluding carboxylic acids is 1. The zero-order chi connectivity index (χ0) is 17.2. The van der Waals surface area contributed by atoms with E-state index in [1.54, 1.807) is 18.0 Å². The highest BCUT2D eigenvalue weighted by atomic mass is 16.5. The average Bonchev–Trinajstić information content (AvgIpc) is 3.32. The highest BCUT2D eigenvalue weighted by Crippen LogP contribution is 2.25.